The van der Waals surface area contributed by atoms with Crippen molar-refractivity contribution in [1.82, 2.24) is 14.8 Å². The number of hydrogen-bond donors (Lipinski definition) is 2. The standard InChI is InChI=1S/C8H7F3N4O/c9-8(10,11)3-15-2-1-4-5(7(15)16)6(12)14-13-4/h1-2H,3H2,(H3,12,13,14). The molecule has 16 heavy (non-hydrogen) atoms. The van der Waals surface area contributed by atoms with Crippen molar-refractivity contribution in [2.24, 2.45) is 0 Å². The maximum absolute atomic E-state index is 12.1. The average Bonchev–Trinajstić information content (AvgIpc) is 2.51. The predicted octanol–water partition coefficient (Wildman–Crippen LogP) is 0.869. The van der Waals surface area contributed by atoms with Gasteiger partial charge in [0.15, 0.2) is 5.82 Å². The van der Waals surface area contributed by atoms with Crippen molar-refractivity contribution in [3.05, 3.63) is 22.6 Å². The quantitative estimate of drug-likeness (QED) is 0.765. The maximum atomic E-state index is 12.1. The van der Waals surface area contributed by atoms with Gasteiger partial charge >= 0.3 is 6.18 Å². The highest BCUT2D eigenvalue weighted by atomic mass is 19.4. The van der Waals surface area contributed by atoms with Gasteiger partial charge in [0, 0.05) is 6.20 Å². The van der Waals surface area contributed by atoms with Crippen LogP contribution in [0.25, 0.3) is 10.9 Å². The lowest BCUT2D eigenvalue weighted by Crippen LogP contribution is -2.27. The van der Waals surface area contributed by atoms with Crippen molar-refractivity contribution in [2.75, 3.05) is 5.73 Å². The van der Waals surface area contributed by atoms with Crippen LogP contribution in [-0.2, 0) is 6.54 Å². The average molecular weight is 232 g/mol. The van der Waals surface area contributed by atoms with Crippen LogP contribution >= 0.6 is 0 Å². The van der Waals surface area contributed by atoms with Crippen molar-refractivity contribution in [1.29, 1.82) is 0 Å². The zero-order chi connectivity index (χ0) is 11.9. The molecule has 0 aliphatic carbocycles. The summed E-state index contributed by atoms with van der Waals surface area (Å²) in [5, 5.41) is 5.98. The molecule has 2 aromatic heterocycles. The molecule has 0 saturated heterocycles. The lowest BCUT2D eigenvalue weighted by molar-refractivity contribution is -0.141. The monoisotopic (exact) mass is 232 g/mol. The van der Waals surface area contributed by atoms with Gasteiger partial charge in [0.1, 0.15) is 11.9 Å². The summed E-state index contributed by atoms with van der Waals surface area (Å²) in [6.45, 7) is -1.34. The molecule has 0 unspecified atom stereocenters. The third-order valence-electron chi connectivity index (χ3n) is 2.07. The number of aromatic nitrogens is 3. The number of aromatic amines is 1. The van der Waals surface area contributed by atoms with Crippen LogP contribution in [0.15, 0.2) is 17.1 Å². The van der Waals surface area contributed by atoms with Gasteiger partial charge in [-0.2, -0.15) is 18.3 Å². The fraction of sp³-hybridized carbons (Fsp3) is 0.250. The van der Waals surface area contributed by atoms with Crippen LogP contribution in [0.4, 0.5) is 19.0 Å². The molecule has 2 rings (SSSR count). The van der Waals surface area contributed by atoms with E-state index in [0.29, 0.717) is 10.1 Å². The first-order chi connectivity index (χ1) is 7.38. The molecular weight excluding hydrogens is 225 g/mol. The Kier molecular flexibility index (Phi) is 2.14. The highest BCUT2D eigenvalue weighted by Crippen LogP contribution is 2.18. The summed E-state index contributed by atoms with van der Waals surface area (Å²) in [4.78, 5) is 11.6. The van der Waals surface area contributed by atoms with Crippen LogP contribution < -0.4 is 11.3 Å². The number of nitrogens with two attached hydrogens (primary N) is 1. The summed E-state index contributed by atoms with van der Waals surface area (Å²) in [6, 6.07) is 1.33. The molecule has 0 aromatic carbocycles. The molecule has 0 radical (unpaired) electrons. The number of fused-ring (bicyclic) bond motifs is 1. The minimum Gasteiger partial charge on any atom is -0.382 e. The molecule has 0 aliphatic rings. The van der Waals surface area contributed by atoms with Crippen LogP contribution in [0, 0.1) is 0 Å². The molecule has 8 heteroatoms. The summed E-state index contributed by atoms with van der Waals surface area (Å²) in [5.74, 6) is -0.100. The second-order valence-electron chi connectivity index (χ2n) is 3.26. The van der Waals surface area contributed by atoms with Gasteiger partial charge in [0.2, 0.25) is 0 Å². The lowest BCUT2D eigenvalue weighted by Gasteiger charge is -2.08. The van der Waals surface area contributed by atoms with Crippen LogP contribution in [-0.4, -0.2) is 20.9 Å². The maximum Gasteiger partial charge on any atom is 0.406 e. The number of nitrogen functional groups attached to an aromatic ring is 1. The van der Waals surface area contributed by atoms with E-state index < -0.39 is 18.3 Å². The second kappa shape index (κ2) is 3.26. The van der Waals surface area contributed by atoms with E-state index in [2.05, 4.69) is 10.2 Å². The molecule has 2 aromatic rings. The largest absolute Gasteiger partial charge is 0.406 e. The van der Waals surface area contributed by atoms with Crippen molar-refractivity contribution in [3.8, 4) is 0 Å². The fourth-order valence-corrected chi connectivity index (χ4v) is 1.41. The molecule has 0 amide bonds. The molecule has 0 saturated carbocycles. The molecule has 2 heterocycles. The van der Waals surface area contributed by atoms with E-state index in [1.54, 1.807) is 0 Å². The van der Waals surface area contributed by atoms with Gasteiger partial charge in [-0.25, -0.2) is 0 Å². The van der Waals surface area contributed by atoms with E-state index in [-0.39, 0.29) is 11.2 Å². The Morgan fingerprint density at radius 1 is 1.50 bits per heavy atom. The molecule has 0 spiro atoms. The minimum atomic E-state index is -4.45. The van der Waals surface area contributed by atoms with Gasteiger partial charge in [-0.05, 0) is 6.07 Å². The van der Waals surface area contributed by atoms with Crippen molar-refractivity contribution >= 4 is 16.7 Å². The van der Waals surface area contributed by atoms with Gasteiger partial charge in [-0.3, -0.25) is 9.89 Å². The summed E-state index contributed by atoms with van der Waals surface area (Å²) < 4.78 is 37.0. The normalized spacial score (nSPS) is 12.2. The van der Waals surface area contributed by atoms with Gasteiger partial charge in [0.05, 0.1) is 5.52 Å². The number of H-pyrrole nitrogens is 1. The summed E-state index contributed by atoms with van der Waals surface area (Å²) in [7, 11) is 0. The molecule has 3 N–H and O–H groups in total. The Morgan fingerprint density at radius 3 is 2.81 bits per heavy atom. The first kappa shape index (κ1) is 10.5. The van der Waals surface area contributed by atoms with Crippen molar-refractivity contribution in [3.63, 3.8) is 0 Å². The zero-order valence-corrected chi connectivity index (χ0v) is 7.88. The number of alkyl halides is 3. The van der Waals surface area contributed by atoms with Crippen LogP contribution in [0.1, 0.15) is 0 Å². The minimum absolute atomic E-state index is 0.0215. The molecule has 86 valence electrons. The molecule has 0 bridgehead atoms. The van der Waals surface area contributed by atoms with Crippen LogP contribution in [0.2, 0.25) is 0 Å². The predicted molar refractivity (Wildman–Crippen MR) is 50.8 cm³/mol. The van der Waals surface area contributed by atoms with E-state index in [9.17, 15) is 18.0 Å². The van der Waals surface area contributed by atoms with Crippen LogP contribution in [0.3, 0.4) is 0 Å². The van der Waals surface area contributed by atoms with Crippen LogP contribution in [0.5, 0.6) is 0 Å². The Balaban J connectivity index is 2.61. The third-order valence-corrected chi connectivity index (χ3v) is 2.07. The van der Waals surface area contributed by atoms with E-state index >= 15 is 0 Å². The van der Waals surface area contributed by atoms with Crippen molar-refractivity contribution < 1.29 is 13.2 Å². The van der Waals surface area contributed by atoms with Gasteiger partial charge in [0.25, 0.3) is 5.56 Å². The van der Waals surface area contributed by atoms with E-state index in [1.807, 2.05) is 0 Å². The lowest BCUT2D eigenvalue weighted by atomic mass is 10.3. The Bertz CT molecular complexity index is 583. The van der Waals surface area contributed by atoms with E-state index in [1.165, 1.54) is 6.07 Å². The zero-order valence-electron chi connectivity index (χ0n) is 7.88. The number of nitrogens with zero attached hydrogens (tertiary/aromatic N) is 2. The number of halogens is 3. The number of anilines is 1. The fourth-order valence-electron chi connectivity index (χ4n) is 1.41. The van der Waals surface area contributed by atoms with Gasteiger partial charge in [-0.15, -0.1) is 0 Å². The summed E-state index contributed by atoms with van der Waals surface area (Å²) in [6.07, 6.45) is -3.40. The van der Waals surface area contributed by atoms with Gasteiger partial charge < -0.3 is 10.3 Å². The van der Waals surface area contributed by atoms with Crippen molar-refractivity contribution in [2.45, 2.75) is 12.7 Å². The Hall–Kier alpha value is -1.99. The highest BCUT2D eigenvalue weighted by Gasteiger charge is 2.28. The van der Waals surface area contributed by atoms with Gasteiger partial charge in [-0.1, -0.05) is 0 Å². The number of rotatable bonds is 1. The first-order valence-corrected chi connectivity index (χ1v) is 4.28. The first-order valence-electron chi connectivity index (χ1n) is 4.28. The molecule has 0 atom stereocenters. The molecular formula is C8H7F3N4O. The smallest absolute Gasteiger partial charge is 0.382 e. The summed E-state index contributed by atoms with van der Waals surface area (Å²) in [5.41, 5.74) is 4.89. The number of pyridine rings is 1. The molecule has 5 nitrogen and oxygen atoms in total. The highest BCUT2D eigenvalue weighted by molar-refractivity contribution is 5.87. The Labute approximate surface area is 86.7 Å². The Morgan fingerprint density at radius 2 is 2.19 bits per heavy atom. The van der Waals surface area contributed by atoms with E-state index in [0.717, 1.165) is 6.20 Å². The number of hydrogen-bond acceptors (Lipinski definition) is 3. The topological polar surface area (TPSA) is 76.7 Å². The van der Waals surface area contributed by atoms with E-state index in [4.69, 9.17) is 5.73 Å². The summed E-state index contributed by atoms with van der Waals surface area (Å²) >= 11 is 0. The molecule has 0 fully saturated rings. The molecule has 0 aliphatic heterocycles. The third kappa shape index (κ3) is 1.73. The second-order valence-corrected chi connectivity index (χ2v) is 3.26. The number of nitrogens with one attached hydrogen (secondary N) is 1. The SMILES string of the molecule is Nc1n[nH]c2ccn(CC(F)(F)F)c(=O)c12.